The molecule has 0 aromatic heterocycles. The van der Waals surface area contributed by atoms with Crippen LogP contribution >= 0.6 is 0 Å². The van der Waals surface area contributed by atoms with Gasteiger partial charge < -0.3 is 4.74 Å². The largest absolute Gasteiger partial charge is 0.457 e. The SMILES string of the molecule is Cc1cc(C)c(C(=O)COC(=O)CCNS(=O)(=O)c2cccc(C(F)(F)F)c2)cc1C. The molecule has 10 heteroatoms. The number of hydrogen-bond donors (Lipinski definition) is 1. The first-order valence-corrected chi connectivity index (χ1v) is 10.7. The molecule has 0 fully saturated rings. The molecule has 2 rings (SSSR count). The smallest absolute Gasteiger partial charge is 0.416 e. The lowest BCUT2D eigenvalue weighted by Crippen LogP contribution is -2.27. The number of carbonyl (C=O) groups is 2. The van der Waals surface area contributed by atoms with Crippen LogP contribution in [0.25, 0.3) is 0 Å². The molecule has 0 bridgehead atoms. The predicted octanol–water partition coefficient (Wildman–Crippen LogP) is 3.73. The minimum absolute atomic E-state index is 0.390. The van der Waals surface area contributed by atoms with Gasteiger partial charge in [-0.3, -0.25) is 9.59 Å². The zero-order chi connectivity index (χ0) is 23.4. The predicted molar refractivity (Wildman–Crippen MR) is 107 cm³/mol. The average molecular weight is 457 g/mol. The van der Waals surface area contributed by atoms with Crippen LogP contribution in [0.2, 0.25) is 0 Å². The van der Waals surface area contributed by atoms with Crippen LogP contribution < -0.4 is 4.72 Å². The number of ketones is 1. The second-order valence-corrected chi connectivity index (χ2v) is 8.78. The van der Waals surface area contributed by atoms with E-state index in [-0.39, 0.29) is 0 Å². The fraction of sp³-hybridized carbons (Fsp3) is 0.333. The summed E-state index contributed by atoms with van der Waals surface area (Å²) in [5, 5.41) is 0. The van der Waals surface area contributed by atoms with Crippen LogP contribution in [-0.4, -0.2) is 33.3 Å². The molecular weight excluding hydrogens is 435 g/mol. The van der Waals surface area contributed by atoms with E-state index in [1.807, 2.05) is 24.6 Å². The Morgan fingerprint density at radius 2 is 1.65 bits per heavy atom. The summed E-state index contributed by atoms with van der Waals surface area (Å²) < 4.78 is 69.5. The van der Waals surface area contributed by atoms with Crippen molar-refractivity contribution >= 4 is 21.8 Å². The van der Waals surface area contributed by atoms with Crippen LogP contribution in [0.15, 0.2) is 41.3 Å². The first-order valence-electron chi connectivity index (χ1n) is 9.25. The first kappa shape index (κ1) is 24.5. The van der Waals surface area contributed by atoms with E-state index in [4.69, 9.17) is 4.74 Å². The van der Waals surface area contributed by atoms with Crippen molar-refractivity contribution in [3.05, 3.63) is 64.2 Å². The summed E-state index contributed by atoms with van der Waals surface area (Å²) in [5.41, 5.74) is 2.03. The molecule has 0 saturated carbocycles. The number of ether oxygens (including phenoxy) is 1. The van der Waals surface area contributed by atoms with Gasteiger partial charge in [0.25, 0.3) is 0 Å². The molecule has 2 aromatic carbocycles. The summed E-state index contributed by atoms with van der Waals surface area (Å²) in [6.45, 7) is 4.64. The summed E-state index contributed by atoms with van der Waals surface area (Å²) in [6.07, 6.45) is -5.08. The van der Waals surface area contributed by atoms with Crippen LogP contribution in [-0.2, 0) is 25.7 Å². The van der Waals surface area contributed by atoms with Gasteiger partial charge in [0.05, 0.1) is 16.9 Å². The van der Waals surface area contributed by atoms with E-state index in [0.717, 1.165) is 34.9 Å². The molecule has 0 atom stereocenters. The highest BCUT2D eigenvalue weighted by Gasteiger charge is 2.31. The minimum atomic E-state index is -4.68. The quantitative estimate of drug-likeness (QED) is 0.482. The number of sulfonamides is 1. The molecule has 0 aliphatic carbocycles. The number of esters is 1. The van der Waals surface area contributed by atoms with Gasteiger partial charge in [-0.1, -0.05) is 12.1 Å². The van der Waals surface area contributed by atoms with Crippen molar-refractivity contribution in [2.24, 2.45) is 0 Å². The minimum Gasteiger partial charge on any atom is -0.457 e. The number of nitrogens with one attached hydrogen (secondary N) is 1. The van der Waals surface area contributed by atoms with Gasteiger partial charge in [0.2, 0.25) is 15.8 Å². The van der Waals surface area contributed by atoms with E-state index in [0.29, 0.717) is 11.6 Å². The van der Waals surface area contributed by atoms with Gasteiger partial charge in [-0.15, -0.1) is 0 Å². The lowest BCUT2D eigenvalue weighted by Gasteiger charge is -2.11. The molecule has 0 spiro atoms. The molecule has 0 aliphatic rings. The molecule has 0 unspecified atom stereocenters. The van der Waals surface area contributed by atoms with Crippen molar-refractivity contribution in [2.45, 2.75) is 38.3 Å². The normalized spacial score (nSPS) is 11.9. The van der Waals surface area contributed by atoms with E-state index >= 15 is 0 Å². The number of hydrogen-bond acceptors (Lipinski definition) is 5. The zero-order valence-electron chi connectivity index (χ0n) is 17.2. The Bertz CT molecular complexity index is 1090. The fourth-order valence-electron chi connectivity index (χ4n) is 2.77. The number of Topliss-reactive ketones (excluding diaryl/α,β-unsaturated/α-hetero) is 1. The standard InChI is InChI=1S/C21H22F3NO5S/c1-13-9-15(3)18(10-14(13)2)19(26)12-30-20(27)7-8-25-31(28,29)17-6-4-5-16(11-17)21(22,23)24/h4-6,9-11,25H,7-8,12H2,1-3H3. The van der Waals surface area contributed by atoms with Crippen molar-refractivity contribution in [1.82, 2.24) is 4.72 Å². The number of carbonyl (C=O) groups excluding carboxylic acids is 2. The molecule has 6 nitrogen and oxygen atoms in total. The molecule has 0 aliphatic heterocycles. The van der Waals surface area contributed by atoms with Gasteiger partial charge in [-0.2, -0.15) is 13.2 Å². The van der Waals surface area contributed by atoms with E-state index in [1.165, 1.54) is 0 Å². The van der Waals surface area contributed by atoms with E-state index in [1.54, 1.807) is 13.0 Å². The summed E-state index contributed by atoms with van der Waals surface area (Å²) >= 11 is 0. The Kier molecular flexibility index (Phi) is 7.61. The topological polar surface area (TPSA) is 89.5 Å². The zero-order valence-corrected chi connectivity index (χ0v) is 18.0. The van der Waals surface area contributed by atoms with E-state index in [2.05, 4.69) is 0 Å². The van der Waals surface area contributed by atoms with Gasteiger partial charge in [0, 0.05) is 12.1 Å². The molecule has 0 saturated heterocycles. The van der Waals surface area contributed by atoms with Gasteiger partial charge in [-0.25, -0.2) is 13.1 Å². The number of aryl methyl sites for hydroxylation is 3. The number of halogens is 3. The molecule has 0 amide bonds. The maximum absolute atomic E-state index is 12.7. The number of alkyl halides is 3. The molecule has 168 valence electrons. The second kappa shape index (κ2) is 9.61. The van der Waals surface area contributed by atoms with Crippen molar-refractivity contribution in [3.8, 4) is 0 Å². The van der Waals surface area contributed by atoms with Gasteiger partial charge >= 0.3 is 12.1 Å². The third kappa shape index (κ3) is 6.63. The lowest BCUT2D eigenvalue weighted by atomic mass is 9.98. The number of benzene rings is 2. The third-order valence-corrected chi connectivity index (χ3v) is 6.06. The highest BCUT2D eigenvalue weighted by Crippen LogP contribution is 2.30. The van der Waals surface area contributed by atoms with E-state index < -0.39 is 58.0 Å². The number of rotatable bonds is 8. The Hall–Kier alpha value is -2.72. The Morgan fingerprint density at radius 1 is 1.00 bits per heavy atom. The monoisotopic (exact) mass is 457 g/mol. The van der Waals surface area contributed by atoms with E-state index in [9.17, 15) is 31.2 Å². The van der Waals surface area contributed by atoms with Crippen LogP contribution in [0.5, 0.6) is 0 Å². The molecular formula is C21H22F3NO5S. The molecule has 0 heterocycles. The third-order valence-electron chi connectivity index (χ3n) is 4.60. The van der Waals surface area contributed by atoms with Crippen LogP contribution in [0, 0.1) is 20.8 Å². The average Bonchev–Trinajstić information content (AvgIpc) is 2.68. The van der Waals surface area contributed by atoms with Crippen molar-refractivity contribution < 1.29 is 35.9 Å². The highest BCUT2D eigenvalue weighted by molar-refractivity contribution is 7.89. The summed E-state index contributed by atoms with van der Waals surface area (Å²) in [5.74, 6) is -1.21. The maximum Gasteiger partial charge on any atom is 0.416 e. The van der Waals surface area contributed by atoms with Crippen molar-refractivity contribution in [1.29, 1.82) is 0 Å². The Morgan fingerprint density at radius 3 is 2.29 bits per heavy atom. The molecule has 31 heavy (non-hydrogen) atoms. The van der Waals surface area contributed by atoms with Gasteiger partial charge in [-0.05, 0) is 61.7 Å². The molecule has 1 N–H and O–H groups in total. The fourth-order valence-corrected chi connectivity index (χ4v) is 3.84. The second-order valence-electron chi connectivity index (χ2n) is 7.01. The first-order chi connectivity index (χ1) is 14.3. The van der Waals surface area contributed by atoms with Crippen molar-refractivity contribution in [2.75, 3.05) is 13.2 Å². The highest BCUT2D eigenvalue weighted by atomic mass is 32.2. The summed E-state index contributed by atoms with van der Waals surface area (Å²) in [4.78, 5) is 23.5. The molecule has 0 radical (unpaired) electrons. The van der Waals surface area contributed by atoms with Crippen molar-refractivity contribution in [3.63, 3.8) is 0 Å². The Balaban J connectivity index is 1.89. The Labute approximate surface area is 178 Å². The van der Waals surface area contributed by atoms with Gasteiger partial charge in [0.15, 0.2) is 6.61 Å². The summed E-state index contributed by atoms with van der Waals surface area (Å²) in [6, 6.07) is 6.82. The summed E-state index contributed by atoms with van der Waals surface area (Å²) in [7, 11) is -4.25. The van der Waals surface area contributed by atoms with Gasteiger partial charge in [0.1, 0.15) is 0 Å². The maximum atomic E-state index is 12.7. The van der Waals surface area contributed by atoms with Crippen LogP contribution in [0.4, 0.5) is 13.2 Å². The molecule has 2 aromatic rings. The van der Waals surface area contributed by atoms with Crippen LogP contribution in [0.3, 0.4) is 0 Å². The lowest BCUT2D eigenvalue weighted by molar-refractivity contribution is -0.142. The van der Waals surface area contributed by atoms with Crippen LogP contribution in [0.1, 0.15) is 39.0 Å².